The maximum atomic E-state index is 4.08. The Bertz CT molecular complexity index is 272. The summed E-state index contributed by atoms with van der Waals surface area (Å²) >= 11 is 0. The number of hydrogen-bond donors (Lipinski definition) is 0. The average molecular weight is 162 g/mol. The van der Waals surface area contributed by atoms with Gasteiger partial charge in [0.25, 0.3) is 0 Å². The van der Waals surface area contributed by atoms with Gasteiger partial charge in [-0.2, -0.15) is 10.2 Å². The summed E-state index contributed by atoms with van der Waals surface area (Å²) in [6, 6.07) is 4.01. The molecule has 0 aliphatic heterocycles. The molecule has 0 saturated carbocycles. The van der Waals surface area contributed by atoms with Crippen LogP contribution in [0.1, 0.15) is 25.2 Å². The molecule has 0 fully saturated rings. The normalized spacial score (nSPS) is 11.8. The summed E-state index contributed by atoms with van der Waals surface area (Å²) in [5.41, 5.74) is 3.33. The van der Waals surface area contributed by atoms with Crippen molar-refractivity contribution in [2.45, 2.75) is 27.2 Å². The van der Waals surface area contributed by atoms with E-state index < -0.39 is 0 Å². The van der Waals surface area contributed by atoms with Crippen molar-refractivity contribution in [3.8, 4) is 0 Å². The third-order valence-corrected chi connectivity index (χ3v) is 1.81. The molecule has 0 radical (unpaired) electrons. The Labute approximate surface area is 73.3 Å². The van der Waals surface area contributed by atoms with E-state index in [1.54, 1.807) is 0 Å². The molecule has 0 bridgehead atoms. The van der Waals surface area contributed by atoms with Crippen LogP contribution >= 0.6 is 0 Å². The molecule has 2 heteroatoms. The summed E-state index contributed by atoms with van der Waals surface area (Å²) in [6.07, 6.45) is 3.01. The van der Waals surface area contributed by atoms with Crippen LogP contribution in [0.3, 0.4) is 0 Å². The Morgan fingerprint density at radius 2 is 2.17 bits per heavy atom. The second kappa shape index (κ2) is 4.00. The lowest BCUT2D eigenvalue weighted by atomic mass is 10.1. The van der Waals surface area contributed by atoms with E-state index >= 15 is 0 Å². The number of hydrogen-bond acceptors (Lipinski definition) is 2. The van der Waals surface area contributed by atoms with Crippen molar-refractivity contribution in [1.29, 1.82) is 0 Å². The lowest BCUT2D eigenvalue weighted by Crippen LogP contribution is -1.94. The summed E-state index contributed by atoms with van der Waals surface area (Å²) in [7, 11) is 0. The van der Waals surface area contributed by atoms with Crippen LogP contribution in [-0.2, 0) is 6.42 Å². The van der Waals surface area contributed by atoms with Crippen LogP contribution in [-0.4, -0.2) is 10.2 Å². The fraction of sp³-hybridized carbons (Fsp3) is 0.400. The van der Waals surface area contributed by atoms with Gasteiger partial charge in [0, 0.05) is 6.42 Å². The average Bonchev–Trinajstić information content (AvgIpc) is 2.09. The van der Waals surface area contributed by atoms with E-state index in [1.165, 1.54) is 5.57 Å². The van der Waals surface area contributed by atoms with Crippen LogP contribution < -0.4 is 0 Å². The Hall–Kier alpha value is -1.18. The largest absolute Gasteiger partial charge is 0.156 e. The lowest BCUT2D eigenvalue weighted by Gasteiger charge is -1.98. The first kappa shape index (κ1) is 8.91. The highest BCUT2D eigenvalue weighted by Gasteiger charge is 1.95. The van der Waals surface area contributed by atoms with Crippen LogP contribution in [0.4, 0.5) is 0 Å². The highest BCUT2D eigenvalue weighted by Crippen LogP contribution is 2.03. The van der Waals surface area contributed by atoms with Gasteiger partial charge >= 0.3 is 0 Å². The zero-order valence-electron chi connectivity index (χ0n) is 7.83. The fourth-order valence-corrected chi connectivity index (χ4v) is 0.909. The predicted octanol–water partition coefficient (Wildman–Crippen LogP) is 2.29. The first-order valence-corrected chi connectivity index (χ1v) is 4.13. The lowest BCUT2D eigenvalue weighted by molar-refractivity contribution is 0.899. The summed E-state index contributed by atoms with van der Waals surface area (Å²) in [5, 5.41) is 8.06. The first-order valence-electron chi connectivity index (χ1n) is 4.13. The number of rotatable bonds is 2. The van der Waals surface area contributed by atoms with Crippen LogP contribution in [0.5, 0.6) is 0 Å². The van der Waals surface area contributed by atoms with Gasteiger partial charge in [0.2, 0.25) is 0 Å². The van der Waals surface area contributed by atoms with E-state index in [9.17, 15) is 0 Å². The molecule has 0 N–H and O–H groups in total. The molecule has 0 unspecified atom stereocenters. The first-order chi connectivity index (χ1) is 5.72. The van der Waals surface area contributed by atoms with Crippen molar-refractivity contribution in [3.05, 3.63) is 35.2 Å². The molecule has 0 amide bonds. The van der Waals surface area contributed by atoms with E-state index in [0.29, 0.717) is 0 Å². The molecule has 0 saturated heterocycles. The summed E-state index contributed by atoms with van der Waals surface area (Å²) < 4.78 is 0. The molecule has 0 aliphatic rings. The second-order valence-corrected chi connectivity index (χ2v) is 2.98. The molecule has 1 heterocycles. The number of aromatic nitrogens is 2. The van der Waals surface area contributed by atoms with Crippen LogP contribution in [0.2, 0.25) is 0 Å². The molecule has 1 aromatic rings. The van der Waals surface area contributed by atoms with Gasteiger partial charge < -0.3 is 0 Å². The van der Waals surface area contributed by atoms with E-state index in [-0.39, 0.29) is 0 Å². The fourth-order valence-electron chi connectivity index (χ4n) is 0.909. The summed E-state index contributed by atoms with van der Waals surface area (Å²) in [4.78, 5) is 0. The van der Waals surface area contributed by atoms with Gasteiger partial charge in [0.05, 0.1) is 11.4 Å². The molecule has 0 aromatic carbocycles. The minimum Gasteiger partial charge on any atom is -0.156 e. The number of allylic oxidation sites excluding steroid dienone is 2. The van der Waals surface area contributed by atoms with Crippen molar-refractivity contribution in [1.82, 2.24) is 10.2 Å². The maximum absolute atomic E-state index is 4.08. The third kappa shape index (κ3) is 2.46. The molecule has 2 nitrogen and oxygen atoms in total. The van der Waals surface area contributed by atoms with Crippen molar-refractivity contribution < 1.29 is 0 Å². The minimum atomic E-state index is 0.907. The molecule has 0 spiro atoms. The Balaban J connectivity index is 2.71. The van der Waals surface area contributed by atoms with E-state index in [2.05, 4.69) is 23.2 Å². The van der Waals surface area contributed by atoms with Crippen molar-refractivity contribution in [2.75, 3.05) is 0 Å². The van der Waals surface area contributed by atoms with Gasteiger partial charge in [-0.05, 0) is 32.9 Å². The number of nitrogens with zero attached hydrogens (tertiary/aromatic N) is 2. The molecule has 0 aliphatic carbocycles. The summed E-state index contributed by atoms with van der Waals surface area (Å²) in [6.45, 7) is 6.08. The predicted molar refractivity (Wildman–Crippen MR) is 49.9 cm³/mol. The van der Waals surface area contributed by atoms with Crippen molar-refractivity contribution >= 4 is 0 Å². The molecule has 0 atom stereocenters. The molecule has 12 heavy (non-hydrogen) atoms. The number of aryl methyl sites for hydroxylation is 1. The van der Waals surface area contributed by atoms with Crippen LogP contribution in [0.15, 0.2) is 23.8 Å². The summed E-state index contributed by atoms with van der Waals surface area (Å²) in [5.74, 6) is 0. The second-order valence-electron chi connectivity index (χ2n) is 2.98. The van der Waals surface area contributed by atoms with E-state index in [0.717, 1.165) is 17.8 Å². The van der Waals surface area contributed by atoms with Crippen molar-refractivity contribution in [3.63, 3.8) is 0 Å². The monoisotopic (exact) mass is 162 g/mol. The standard InChI is InChI=1S/C10H14N2/c1-4-8(2)7-10-6-5-9(3)11-12-10/h4-6H,7H2,1-3H3/b8-4-. The molecular formula is C10H14N2. The molecule has 1 aromatic heterocycles. The zero-order chi connectivity index (χ0) is 8.97. The van der Waals surface area contributed by atoms with E-state index in [4.69, 9.17) is 0 Å². The molecule has 1 rings (SSSR count). The van der Waals surface area contributed by atoms with Gasteiger partial charge in [-0.25, -0.2) is 0 Å². The van der Waals surface area contributed by atoms with Gasteiger partial charge in [-0.15, -0.1) is 0 Å². The smallest absolute Gasteiger partial charge is 0.0671 e. The Morgan fingerprint density at radius 1 is 1.42 bits per heavy atom. The quantitative estimate of drug-likeness (QED) is 0.623. The highest BCUT2D eigenvalue weighted by molar-refractivity contribution is 5.12. The maximum Gasteiger partial charge on any atom is 0.0671 e. The minimum absolute atomic E-state index is 0.907. The highest BCUT2D eigenvalue weighted by atomic mass is 15.1. The molecule has 64 valence electrons. The van der Waals surface area contributed by atoms with Crippen LogP contribution in [0, 0.1) is 6.92 Å². The zero-order valence-corrected chi connectivity index (χ0v) is 7.83. The van der Waals surface area contributed by atoms with Gasteiger partial charge in [-0.1, -0.05) is 11.6 Å². The van der Waals surface area contributed by atoms with Crippen molar-refractivity contribution in [2.24, 2.45) is 0 Å². The Morgan fingerprint density at radius 3 is 2.67 bits per heavy atom. The topological polar surface area (TPSA) is 25.8 Å². The van der Waals surface area contributed by atoms with Gasteiger partial charge in [-0.3, -0.25) is 0 Å². The van der Waals surface area contributed by atoms with E-state index in [1.807, 2.05) is 26.0 Å². The van der Waals surface area contributed by atoms with Gasteiger partial charge in [0.15, 0.2) is 0 Å². The van der Waals surface area contributed by atoms with Crippen LogP contribution in [0.25, 0.3) is 0 Å². The molecular weight excluding hydrogens is 148 g/mol. The van der Waals surface area contributed by atoms with Gasteiger partial charge in [0.1, 0.15) is 0 Å². The Kier molecular flexibility index (Phi) is 2.97. The third-order valence-electron chi connectivity index (χ3n) is 1.81. The SMILES string of the molecule is C/C=C(/C)Cc1ccc(C)nn1.